The van der Waals surface area contributed by atoms with Crippen LogP contribution in [0.4, 0.5) is 13.2 Å². The normalized spacial score (nSPS) is 15.4. The standard InChI is InChI=1S/C13H13F3N4O/c1-19-7-9(4-18-19)12-17-5-10(11(21)13(14,15)16)20(12)6-8-2-3-8/h4-5,7-8H,2-3,6H2,1H3. The van der Waals surface area contributed by atoms with Crippen LogP contribution in [0.5, 0.6) is 0 Å². The van der Waals surface area contributed by atoms with Gasteiger partial charge in [-0.25, -0.2) is 4.98 Å². The van der Waals surface area contributed by atoms with Crippen LogP contribution in [0.1, 0.15) is 23.3 Å². The Bertz CT molecular complexity index is 682. The monoisotopic (exact) mass is 298 g/mol. The van der Waals surface area contributed by atoms with Crippen molar-refractivity contribution in [3.05, 3.63) is 24.3 Å². The summed E-state index contributed by atoms with van der Waals surface area (Å²) in [5.74, 6) is -1.19. The van der Waals surface area contributed by atoms with Crippen molar-refractivity contribution in [3.8, 4) is 11.4 Å². The fourth-order valence-corrected chi connectivity index (χ4v) is 2.21. The minimum atomic E-state index is -4.90. The van der Waals surface area contributed by atoms with Gasteiger partial charge in [0.25, 0.3) is 5.78 Å². The molecule has 21 heavy (non-hydrogen) atoms. The number of hydrogen-bond acceptors (Lipinski definition) is 3. The number of rotatable bonds is 4. The average Bonchev–Trinajstić information content (AvgIpc) is 2.95. The van der Waals surface area contributed by atoms with Crippen LogP contribution in [-0.4, -0.2) is 31.3 Å². The summed E-state index contributed by atoms with van der Waals surface area (Å²) in [5.41, 5.74) is 0.188. The van der Waals surface area contributed by atoms with Gasteiger partial charge in [-0.3, -0.25) is 9.48 Å². The van der Waals surface area contributed by atoms with Crippen molar-refractivity contribution in [3.63, 3.8) is 0 Å². The number of imidazole rings is 1. The van der Waals surface area contributed by atoms with Crippen molar-refractivity contribution in [2.24, 2.45) is 13.0 Å². The summed E-state index contributed by atoms with van der Waals surface area (Å²) in [6.07, 6.45) is 1.21. The molecule has 0 aromatic carbocycles. The van der Waals surface area contributed by atoms with E-state index in [1.807, 2.05) is 0 Å². The Hall–Kier alpha value is -2.12. The molecule has 5 nitrogen and oxygen atoms in total. The number of halogens is 3. The van der Waals surface area contributed by atoms with Crippen LogP contribution in [0.25, 0.3) is 11.4 Å². The minimum absolute atomic E-state index is 0.314. The highest BCUT2D eigenvalue weighted by Gasteiger charge is 2.42. The Morgan fingerprint density at radius 2 is 2.10 bits per heavy atom. The number of carbonyl (C=O) groups excluding carboxylic acids is 1. The van der Waals surface area contributed by atoms with E-state index in [2.05, 4.69) is 10.1 Å². The predicted octanol–water partition coefficient (Wildman–Crippen LogP) is 2.44. The second-order valence-electron chi connectivity index (χ2n) is 5.25. The summed E-state index contributed by atoms with van der Waals surface area (Å²) in [6, 6.07) is 0. The van der Waals surface area contributed by atoms with Crippen molar-refractivity contribution in [1.82, 2.24) is 19.3 Å². The van der Waals surface area contributed by atoms with Gasteiger partial charge in [-0.1, -0.05) is 0 Å². The maximum atomic E-state index is 12.7. The van der Waals surface area contributed by atoms with Gasteiger partial charge < -0.3 is 4.57 Å². The quantitative estimate of drug-likeness (QED) is 0.815. The van der Waals surface area contributed by atoms with Crippen LogP contribution in [0.2, 0.25) is 0 Å². The molecule has 0 unspecified atom stereocenters. The predicted molar refractivity (Wildman–Crippen MR) is 67.5 cm³/mol. The van der Waals surface area contributed by atoms with Crippen LogP contribution in [-0.2, 0) is 13.6 Å². The third-order valence-electron chi connectivity index (χ3n) is 3.45. The molecule has 0 atom stereocenters. The van der Waals surface area contributed by atoms with Crippen molar-refractivity contribution in [1.29, 1.82) is 0 Å². The van der Waals surface area contributed by atoms with Crippen LogP contribution < -0.4 is 0 Å². The number of aryl methyl sites for hydroxylation is 1. The second kappa shape index (κ2) is 4.71. The lowest BCUT2D eigenvalue weighted by Crippen LogP contribution is -2.26. The number of carbonyl (C=O) groups is 1. The first-order chi connectivity index (χ1) is 9.86. The van der Waals surface area contributed by atoms with E-state index >= 15 is 0 Å². The van der Waals surface area contributed by atoms with Crippen LogP contribution in [0.3, 0.4) is 0 Å². The van der Waals surface area contributed by atoms with E-state index in [1.165, 1.54) is 15.4 Å². The SMILES string of the molecule is Cn1cc(-c2ncc(C(=O)C(F)(F)F)n2CC2CC2)cn1. The highest BCUT2D eigenvalue weighted by Crippen LogP contribution is 2.34. The first-order valence-corrected chi connectivity index (χ1v) is 6.52. The minimum Gasteiger partial charge on any atom is -0.321 e. The first-order valence-electron chi connectivity index (χ1n) is 6.52. The maximum absolute atomic E-state index is 12.7. The topological polar surface area (TPSA) is 52.7 Å². The van der Waals surface area contributed by atoms with Gasteiger partial charge in [-0.15, -0.1) is 0 Å². The van der Waals surface area contributed by atoms with Gasteiger partial charge >= 0.3 is 6.18 Å². The molecule has 0 saturated heterocycles. The van der Waals surface area contributed by atoms with Crippen LogP contribution >= 0.6 is 0 Å². The molecule has 1 aliphatic carbocycles. The fraction of sp³-hybridized carbons (Fsp3) is 0.462. The van der Waals surface area contributed by atoms with Crippen molar-refractivity contribution in [2.75, 3.05) is 0 Å². The molecule has 0 spiro atoms. The van der Waals surface area contributed by atoms with E-state index in [0.29, 0.717) is 23.9 Å². The van der Waals surface area contributed by atoms with Crippen molar-refractivity contribution in [2.45, 2.75) is 25.6 Å². The van der Waals surface area contributed by atoms with Gasteiger partial charge in [0.1, 0.15) is 11.5 Å². The van der Waals surface area contributed by atoms with E-state index < -0.39 is 17.7 Å². The summed E-state index contributed by atoms with van der Waals surface area (Å²) in [4.78, 5) is 15.5. The molecule has 3 rings (SSSR count). The number of ketones is 1. The summed E-state index contributed by atoms with van der Waals surface area (Å²) >= 11 is 0. The van der Waals surface area contributed by atoms with Gasteiger partial charge in [-0.2, -0.15) is 18.3 Å². The molecule has 1 fully saturated rings. The van der Waals surface area contributed by atoms with Gasteiger partial charge in [-0.05, 0) is 18.8 Å². The third kappa shape index (κ3) is 2.70. The molecule has 0 amide bonds. The molecule has 1 saturated carbocycles. The Morgan fingerprint density at radius 3 is 2.62 bits per heavy atom. The van der Waals surface area contributed by atoms with Crippen LogP contribution in [0, 0.1) is 5.92 Å². The third-order valence-corrected chi connectivity index (χ3v) is 3.45. The zero-order valence-corrected chi connectivity index (χ0v) is 11.3. The van der Waals surface area contributed by atoms with E-state index in [-0.39, 0.29) is 0 Å². The van der Waals surface area contributed by atoms with E-state index in [4.69, 9.17) is 0 Å². The van der Waals surface area contributed by atoms with Crippen molar-refractivity contribution >= 4 is 5.78 Å². The maximum Gasteiger partial charge on any atom is 0.456 e. The van der Waals surface area contributed by atoms with Gasteiger partial charge in [0.2, 0.25) is 0 Å². The summed E-state index contributed by atoms with van der Waals surface area (Å²) in [7, 11) is 1.71. The zero-order valence-electron chi connectivity index (χ0n) is 11.3. The molecule has 2 aromatic rings. The Kier molecular flexibility index (Phi) is 3.11. The Balaban J connectivity index is 2.04. The van der Waals surface area contributed by atoms with Gasteiger partial charge in [0, 0.05) is 19.8 Å². The molecule has 0 aliphatic heterocycles. The molecule has 0 radical (unpaired) electrons. The summed E-state index contributed by atoms with van der Waals surface area (Å²) < 4.78 is 40.9. The van der Waals surface area contributed by atoms with Gasteiger partial charge in [0.05, 0.1) is 18.0 Å². The number of alkyl halides is 3. The van der Waals surface area contributed by atoms with Crippen molar-refractivity contribution < 1.29 is 18.0 Å². The summed E-state index contributed by atoms with van der Waals surface area (Å²) in [6.45, 7) is 0.376. The molecule has 1 aliphatic rings. The smallest absolute Gasteiger partial charge is 0.321 e. The Labute approximate surface area is 118 Å². The highest BCUT2D eigenvalue weighted by atomic mass is 19.4. The first kappa shape index (κ1) is 13.8. The molecule has 112 valence electrons. The van der Waals surface area contributed by atoms with E-state index in [9.17, 15) is 18.0 Å². The average molecular weight is 298 g/mol. The highest BCUT2D eigenvalue weighted by molar-refractivity contribution is 5.99. The number of hydrogen-bond donors (Lipinski definition) is 0. The molecule has 8 heteroatoms. The van der Waals surface area contributed by atoms with E-state index in [1.54, 1.807) is 13.2 Å². The lowest BCUT2D eigenvalue weighted by Gasteiger charge is -2.11. The lowest BCUT2D eigenvalue weighted by atomic mass is 10.2. The largest absolute Gasteiger partial charge is 0.456 e. The van der Waals surface area contributed by atoms with Gasteiger partial charge in [0.15, 0.2) is 0 Å². The molecule has 2 heterocycles. The van der Waals surface area contributed by atoms with E-state index in [0.717, 1.165) is 19.0 Å². The second-order valence-corrected chi connectivity index (χ2v) is 5.25. The zero-order chi connectivity index (χ0) is 15.2. The number of Topliss-reactive ketones (excluding diaryl/α,β-unsaturated/α-hetero) is 1. The Morgan fingerprint density at radius 1 is 1.38 bits per heavy atom. The van der Waals surface area contributed by atoms with Crippen LogP contribution in [0.15, 0.2) is 18.6 Å². The number of aromatic nitrogens is 4. The number of nitrogens with zero attached hydrogens (tertiary/aromatic N) is 4. The molecule has 2 aromatic heterocycles. The lowest BCUT2D eigenvalue weighted by molar-refractivity contribution is -0.0890. The fourth-order valence-electron chi connectivity index (χ4n) is 2.21. The molecular formula is C13H13F3N4O. The molecule has 0 bridgehead atoms. The molecular weight excluding hydrogens is 285 g/mol. The molecule has 0 N–H and O–H groups in total. The summed E-state index contributed by atoms with van der Waals surface area (Å²) in [5, 5.41) is 3.99.